The SMILES string of the molecule is CNc1nc(NCCn2cccn2)nc(OC)n1. The van der Waals surface area contributed by atoms with E-state index in [1.807, 2.05) is 16.9 Å². The molecule has 18 heavy (non-hydrogen) atoms. The van der Waals surface area contributed by atoms with Gasteiger partial charge in [-0.3, -0.25) is 4.68 Å². The predicted molar refractivity (Wildman–Crippen MR) is 66.6 cm³/mol. The second-order valence-electron chi connectivity index (χ2n) is 3.42. The summed E-state index contributed by atoms with van der Waals surface area (Å²) in [6.45, 7) is 1.40. The van der Waals surface area contributed by atoms with Gasteiger partial charge >= 0.3 is 6.01 Å². The molecule has 0 spiro atoms. The molecule has 2 aromatic rings. The third-order valence-corrected chi connectivity index (χ3v) is 2.20. The molecule has 0 unspecified atom stereocenters. The molecule has 8 nitrogen and oxygen atoms in total. The van der Waals surface area contributed by atoms with Gasteiger partial charge in [0, 0.05) is 26.0 Å². The Bertz CT molecular complexity index is 463. The highest BCUT2D eigenvalue weighted by Crippen LogP contribution is 2.09. The predicted octanol–water partition coefficient (Wildman–Crippen LogP) is 0.230. The van der Waals surface area contributed by atoms with Crippen molar-refractivity contribution < 1.29 is 4.74 Å². The highest BCUT2D eigenvalue weighted by atomic mass is 16.5. The van der Waals surface area contributed by atoms with Crippen LogP contribution in [0.15, 0.2) is 18.5 Å². The lowest BCUT2D eigenvalue weighted by molar-refractivity contribution is 0.379. The van der Waals surface area contributed by atoms with E-state index in [2.05, 4.69) is 30.7 Å². The third-order valence-electron chi connectivity index (χ3n) is 2.20. The van der Waals surface area contributed by atoms with E-state index in [4.69, 9.17) is 4.74 Å². The molecule has 0 atom stereocenters. The van der Waals surface area contributed by atoms with Gasteiger partial charge in [-0.05, 0) is 6.07 Å². The number of anilines is 2. The molecular weight excluding hydrogens is 234 g/mol. The molecule has 0 aliphatic heterocycles. The minimum Gasteiger partial charge on any atom is -0.467 e. The first kappa shape index (κ1) is 12.1. The Morgan fingerprint density at radius 1 is 1.28 bits per heavy atom. The maximum absolute atomic E-state index is 4.99. The summed E-state index contributed by atoms with van der Waals surface area (Å²) in [4.78, 5) is 12.3. The number of ether oxygens (including phenoxy) is 1. The van der Waals surface area contributed by atoms with Gasteiger partial charge in [-0.2, -0.15) is 20.1 Å². The average molecular weight is 249 g/mol. The summed E-state index contributed by atoms with van der Waals surface area (Å²) in [6.07, 6.45) is 3.64. The molecule has 0 radical (unpaired) electrons. The molecule has 8 heteroatoms. The fourth-order valence-electron chi connectivity index (χ4n) is 1.35. The van der Waals surface area contributed by atoms with Crippen LogP contribution in [-0.4, -0.2) is 45.4 Å². The number of nitrogens with zero attached hydrogens (tertiary/aromatic N) is 5. The highest BCUT2D eigenvalue weighted by molar-refractivity contribution is 5.35. The molecule has 0 fully saturated rings. The Kier molecular flexibility index (Phi) is 3.90. The van der Waals surface area contributed by atoms with Crippen LogP contribution in [-0.2, 0) is 6.54 Å². The first-order chi connectivity index (χ1) is 8.81. The molecule has 0 bridgehead atoms. The standard InChI is InChI=1S/C10H15N7O/c1-11-8-14-9(16-10(15-8)18-2)12-5-7-17-6-3-4-13-17/h3-4,6H,5,7H2,1-2H3,(H2,11,12,14,15,16). The number of rotatable bonds is 6. The summed E-state index contributed by atoms with van der Waals surface area (Å²) < 4.78 is 6.81. The van der Waals surface area contributed by atoms with Gasteiger partial charge in [-0.25, -0.2) is 0 Å². The maximum atomic E-state index is 4.99. The summed E-state index contributed by atoms with van der Waals surface area (Å²) in [5, 5.41) is 10.0. The number of aromatic nitrogens is 5. The minimum atomic E-state index is 0.274. The number of nitrogens with one attached hydrogen (secondary N) is 2. The molecule has 0 aliphatic rings. The number of hydrogen-bond donors (Lipinski definition) is 2. The van der Waals surface area contributed by atoms with Crippen LogP contribution in [0, 0.1) is 0 Å². The van der Waals surface area contributed by atoms with E-state index in [9.17, 15) is 0 Å². The fraction of sp³-hybridized carbons (Fsp3) is 0.400. The van der Waals surface area contributed by atoms with Crippen LogP contribution < -0.4 is 15.4 Å². The zero-order valence-electron chi connectivity index (χ0n) is 10.3. The molecule has 0 saturated carbocycles. The van der Waals surface area contributed by atoms with Crippen molar-refractivity contribution in [2.45, 2.75) is 6.54 Å². The van der Waals surface area contributed by atoms with Crippen molar-refractivity contribution in [3.8, 4) is 6.01 Å². The first-order valence-corrected chi connectivity index (χ1v) is 5.51. The second-order valence-corrected chi connectivity index (χ2v) is 3.42. The average Bonchev–Trinajstić information content (AvgIpc) is 2.91. The Hall–Kier alpha value is -2.38. The summed E-state index contributed by atoms with van der Waals surface area (Å²) in [7, 11) is 3.25. The van der Waals surface area contributed by atoms with Crippen molar-refractivity contribution in [2.75, 3.05) is 31.3 Å². The summed E-state index contributed by atoms with van der Waals surface area (Å²) in [5.74, 6) is 0.932. The second kappa shape index (κ2) is 5.80. The molecule has 2 rings (SSSR count). The van der Waals surface area contributed by atoms with E-state index in [0.717, 1.165) is 6.54 Å². The van der Waals surface area contributed by atoms with Crippen molar-refractivity contribution in [3.63, 3.8) is 0 Å². The van der Waals surface area contributed by atoms with Crippen LogP contribution in [0.3, 0.4) is 0 Å². The van der Waals surface area contributed by atoms with Crippen molar-refractivity contribution in [2.24, 2.45) is 0 Å². The van der Waals surface area contributed by atoms with Gasteiger partial charge < -0.3 is 15.4 Å². The molecule has 0 saturated heterocycles. The minimum absolute atomic E-state index is 0.274. The van der Waals surface area contributed by atoms with Crippen LogP contribution in [0.25, 0.3) is 0 Å². The Labute approximate surface area is 104 Å². The molecule has 2 heterocycles. The number of hydrogen-bond acceptors (Lipinski definition) is 7. The van der Waals surface area contributed by atoms with Crippen LogP contribution in [0.2, 0.25) is 0 Å². The number of methoxy groups -OCH3 is 1. The third kappa shape index (κ3) is 3.06. The topological polar surface area (TPSA) is 89.8 Å². The zero-order valence-corrected chi connectivity index (χ0v) is 10.3. The van der Waals surface area contributed by atoms with Crippen LogP contribution in [0.4, 0.5) is 11.9 Å². The van der Waals surface area contributed by atoms with Crippen LogP contribution >= 0.6 is 0 Å². The molecule has 96 valence electrons. The lowest BCUT2D eigenvalue weighted by atomic mass is 10.6. The zero-order chi connectivity index (χ0) is 12.8. The fourth-order valence-corrected chi connectivity index (χ4v) is 1.35. The summed E-state index contributed by atoms with van der Waals surface area (Å²) >= 11 is 0. The van der Waals surface area contributed by atoms with Gasteiger partial charge in [0.2, 0.25) is 11.9 Å². The molecule has 0 aliphatic carbocycles. The Balaban J connectivity index is 1.95. The Morgan fingerprint density at radius 3 is 2.78 bits per heavy atom. The van der Waals surface area contributed by atoms with Gasteiger partial charge in [0.25, 0.3) is 0 Å². The van der Waals surface area contributed by atoms with Crippen molar-refractivity contribution in [1.29, 1.82) is 0 Å². The molecular formula is C10H15N7O. The van der Waals surface area contributed by atoms with E-state index < -0.39 is 0 Å². The summed E-state index contributed by atoms with van der Waals surface area (Å²) in [5.41, 5.74) is 0. The monoisotopic (exact) mass is 249 g/mol. The van der Waals surface area contributed by atoms with Crippen molar-refractivity contribution in [3.05, 3.63) is 18.5 Å². The van der Waals surface area contributed by atoms with E-state index >= 15 is 0 Å². The maximum Gasteiger partial charge on any atom is 0.322 e. The quantitative estimate of drug-likeness (QED) is 0.757. The van der Waals surface area contributed by atoms with Crippen molar-refractivity contribution >= 4 is 11.9 Å². The molecule has 2 aromatic heterocycles. The lowest BCUT2D eigenvalue weighted by Gasteiger charge is -2.07. The van der Waals surface area contributed by atoms with E-state index in [1.54, 1.807) is 13.2 Å². The van der Waals surface area contributed by atoms with Gasteiger partial charge in [0.15, 0.2) is 0 Å². The summed E-state index contributed by atoms with van der Waals surface area (Å²) in [6, 6.07) is 2.15. The van der Waals surface area contributed by atoms with E-state index in [-0.39, 0.29) is 6.01 Å². The van der Waals surface area contributed by atoms with Crippen LogP contribution in [0.1, 0.15) is 0 Å². The van der Waals surface area contributed by atoms with Gasteiger partial charge in [0.05, 0.1) is 13.7 Å². The largest absolute Gasteiger partial charge is 0.467 e. The van der Waals surface area contributed by atoms with E-state index in [0.29, 0.717) is 18.4 Å². The normalized spacial score (nSPS) is 10.1. The highest BCUT2D eigenvalue weighted by Gasteiger charge is 2.04. The Morgan fingerprint density at radius 2 is 2.11 bits per heavy atom. The molecule has 0 aromatic carbocycles. The van der Waals surface area contributed by atoms with Crippen molar-refractivity contribution in [1.82, 2.24) is 24.7 Å². The smallest absolute Gasteiger partial charge is 0.322 e. The van der Waals surface area contributed by atoms with Gasteiger partial charge in [-0.1, -0.05) is 0 Å². The van der Waals surface area contributed by atoms with Crippen LogP contribution in [0.5, 0.6) is 6.01 Å². The molecule has 0 amide bonds. The van der Waals surface area contributed by atoms with E-state index in [1.165, 1.54) is 7.11 Å². The van der Waals surface area contributed by atoms with Gasteiger partial charge in [0.1, 0.15) is 0 Å². The molecule has 2 N–H and O–H groups in total. The van der Waals surface area contributed by atoms with Gasteiger partial charge in [-0.15, -0.1) is 0 Å². The lowest BCUT2D eigenvalue weighted by Crippen LogP contribution is -2.14. The first-order valence-electron chi connectivity index (χ1n) is 5.51.